The zero-order chi connectivity index (χ0) is 24.9. The van der Waals surface area contributed by atoms with Gasteiger partial charge in [-0.25, -0.2) is 4.79 Å². The molecule has 0 spiro atoms. The fourth-order valence-corrected chi connectivity index (χ4v) is 5.02. The van der Waals surface area contributed by atoms with Gasteiger partial charge in [-0.1, -0.05) is 11.6 Å². The summed E-state index contributed by atoms with van der Waals surface area (Å²) in [6.45, 7) is 1.58. The molecule has 2 aliphatic rings. The molecule has 2 aliphatic heterocycles. The van der Waals surface area contributed by atoms with Gasteiger partial charge in [0.1, 0.15) is 18.9 Å². The van der Waals surface area contributed by atoms with Gasteiger partial charge in [-0.15, -0.1) is 11.3 Å². The molecular formula is C23H27ClN4O6S. The maximum absolute atomic E-state index is 13.1. The number of thiophene rings is 1. The molecule has 2 fully saturated rings. The number of amides is 3. The van der Waals surface area contributed by atoms with E-state index in [2.05, 4.69) is 0 Å². The lowest BCUT2D eigenvalue weighted by atomic mass is 10.2. The van der Waals surface area contributed by atoms with Crippen LogP contribution in [-0.4, -0.2) is 79.6 Å². The van der Waals surface area contributed by atoms with E-state index in [-0.39, 0.29) is 31.5 Å². The lowest BCUT2D eigenvalue weighted by Crippen LogP contribution is -2.45. The van der Waals surface area contributed by atoms with Crippen LogP contribution in [0.1, 0.15) is 22.5 Å². The van der Waals surface area contributed by atoms with Crippen LogP contribution in [-0.2, 0) is 14.3 Å². The number of halogens is 1. The van der Waals surface area contributed by atoms with Gasteiger partial charge in [-0.3, -0.25) is 14.5 Å². The van der Waals surface area contributed by atoms with Crippen LogP contribution in [0.4, 0.5) is 16.2 Å². The molecule has 188 valence electrons. The summed E-state index contributed by atoms with van der Waals surface area (Å²) in [6.07, 6.45) is -1.44. The van der Waals surface area contributed by atoms with E-state index in [1.54, 1.807) is 41.3 Å². The molecule has 2 aromatic rings. The molecule has 3 N–H and O–H groups in total. The lowest BCUT2D eigenvalue weighted by molar-refractivity contribution is -0.125. The van der Waals surface area contributed by atoms with Crippen LogP contribution in [0.15, 0.2) is 36.4 Å². The van der Waals surface area contributed by atoms with E-state index >= 15 is 0 Å². The van der Waals surface area contributed by atoms with Gasteiger partial charge in [0.25, 0.3) is 11.8 Å². The Morgan fingerprint density at radius 2 is 1.91 bits per heavy atom. The van der Waals surface area contributed by atoms with E-state index in [0.717, 1.165) is 17.0 Å². The van der Waals surface area contributed by atoms with Crippen LogP contribution in [0.2, 0.25) is 4.34 Å². The van der Waals surface area contributed by atoms with Crippen LogP contribution < -0.4 is 15.5 Å². The number of carbonyl (C=O) groups excluding carboxylic acids is 3. The number of carbonyl (C=O) groups is 3. The second-order valence-corrected chi connectivity index (χ2v) is 9.92. The van der Waals surface area contributed by atoms with E-state index in [4.69, 9.17) is 26.8 Å². The molecule has 1 aromatic carbocycles. The summed E-state index contributed by atoms with van der Waals surface area (Å²) in [5.74, 6) is -0.505. The number of aliphatic hydroxyl groups excluding tert-OH is 1. The molecule has 2 saturated heterocycles. The van der Waals surface area contributed by atoms with Gasteiger partial charge in [0.15, 0.2) is 0 Å². The van der Waals surface area contributed by atoms with Gasteiger partial charge < -0.3 is 30.1 Å². The number of morpholine rings is 1. The summed E-state index contributed by atoms with van der Waals surface area (Å²) in [5, 5.41) is 10.7. The Hall–Kier alpha value is -2.70. The van der Waals surface area contributed by atoms with Crippen molar-refractivity contribution >= 4 is 52.2 Å². The summed E-state index contributed by atoms with van der Waals surface area (Å²) in [7, 11) is 0. The third-order valence-corrected chi connectivity index (χ3v) is 7.02. The number of ether oxygens (including phenoxy) is 2. The van der Waals surface area contributed by atoms with Crippen molar-refractivity contribution in [3.63, 3.8) is 0 Å². The van der Waals surface area contributed by atoms with E-state index in [9.17, 15) is 19.5 Å². The van der Waals surface area contributed by atoms with Crippen molar-refractivity contribution in [1.82, 2.24) is 4.90 Å². The molecule has 12 heteroatoms. The Kier molecular flexibility index (Phi) is 8.24. The average molecular weight is 523 g/mol. The molecule has 4 rings (SSSR count). The van der Waals surface area contributed by atoms with Crippen molar-refractivity contribution in [3.8, 4) is 0 Å². The van der Waals surface area contributed by atoms with Crippen molar-refractivity contribution in [2.24, 2.45) is 5.73 Å². The van der Waals surface area contributed by atoms with Crippen molar-refractivity contribution < 1.29 is 29.0 Å². The van der Waals surface area contributed by atoms with Gasteiger partial charge in [0.2, 0.25) is 0 Å². The van der Waals surface area contributed by atoms with Gasteiger partial charge in [0.05, 0.1) is 28.9 Å². The highest BCUT2D eigenvalue weighted by atomic mass is 35.5. The van der Waals surface area contributed by atoms with Gasteiger partial charge >= 0.3 is 6.09 Å². The molecule has 1 unspecified atom stereocenters. The molecule has 3 amide bonds. The van der Waals surface area contributed by atoms with E-state index in [1.807, 2.05) is 0 Å². The Morgan fingerprint density at radius 3 is 2.54 bits per heavy atom. The standard InChI is InChI=1S/C23H27ClN4O6S/c24-19-8-7-18(35-19)22(31)28(20(29)2-1-9-25)13-17-12-27(23(32)34-17)16-5-3-15(4-6-16)26-10-11-33-14-21(26)30/h3-8,17,20,29H,1-2,9-14,25H2/t17-,20?/m1/s1. The monoisotopic (exact) mass is 522 g/mol. The first-order valence-electron chi connectivity index (χ1n) is 11.3. The molecule has 0 aliphatic carbocycles. The quantitative estimate of drug-likeness (QED) is 0.484. The zero-order valence-corrected chi connectivity index (χ0v) is 20.5. The molecule has 3 heterocycles. The van der Waals surface area contributed by atoms with Crippen LogP contribution in [0.3, 0.4) is 0 Å². The van der Waals surface area contributed by atoms with Crippen LogP contribution in [0.5, 0.6) is 0 Å². The number of nitrogens with two attached hydrogens (primary N) is 1. The summed E-state index contributed by atoms with van der Waals surface area (Å²) in [4.78, 5) is 42.6. The predicted molar refractivity (Wildman–Crippen MR) is 132 cm³/mol. The SMILES string of the molecule is NCCCC(O)N(C[C@H]1CN(c2ccc(N3CCOCC3=O)cc2)C(=O)O1)C(=O)c1ccc(Cl)s1. The summed E-state index contributed by atoms with van der Waals surface area (Å²) in [6, 6.07) is 10.3. The van der Waals surface area contributed by atoms with Gasteiger partial charge in [-0.2, -0.15) is 0 Å². The highest BCUT2D eigenvalue weighted by molar-refractivity contribution is 7.17. The minimum absolute atomic E-state index is 0.0166. The van der Waals surface area contributed by atoms with Crippen molar-refractivity contribution in [2.45, 2.75) is 25.2 Å². The molecule has 10 nitrogen and oxygen atoms in total. The largest absolute Gasteiger partial charge is 0.442 e. The number of benzene rings is 1. The van der Waals surface area contributed by atoms with Crippen LogP contribution >= 0.6 is 22.9 Å². The number of nitrogens with zero attached hydrogens (tertiary/aromatic N) is 3. The lowest BCUT2D eigenvalue weighted by Gasteiger charge is -2.29. The normalized spacial score (nSPS) is 19.1. The summed E-state index contributed by atoms with van der Waals surface area (Å²) >= 11 is 7.10. The molecular weight excluding hydrogens is 496 g/mol. The van der Waals surface area contributed by atoms with Crippen molar-refractivity contribution in [1.29, 1.82) is 0 Å². The maximum Gasteiger partial charge on any atom is 0.414 e. The van der Waals surface area contributed by atoms with Gasteiger partial charge in [-0.05, 0) is 55.8 Å². The number of hydrogen-bond donors (Lipinski definition) is 2. The van der Waals surface area contributed by atoms with Crippen LogP contribution in [0.25, 0.3) is 0 Å². The molecule has 0 radical (unpaired) electrons. The first kappa shape index (κ1) is 25.4. The second kappa shape index (κ2) is 11.4. The van der Waals surface area contributed by atoms with Crippen molar-refractivity contribution in [2.75, 3.05) is 49.2 Å². The molecule has 2 atom stereocenters. The minimum atomic E-state index is -1.08. The topological polar surface area (TPSA) is 126 Å². The first-order chi connectivity index (χ1) is 16.9. The summed E-state index contributed by atoms with van der Waals surface area (Å²) < 4.78 is 11.1. The van der Waals surface area contributed by atoms with Gasteiger partial charge in [0, 0.05) is 17.9 Å². The fourth-order valence-electron chi connectivity index (χ4n) is 4.02. The Balaban J connectivity index is 1.45. The number of anilines is 2. The van der Waals surface area contributed by atoms with Crippen molar-refractivity contribution in [3.05, 3.63) is 45.6 Å². The number of aliphatic hydroxyl groups is 1. The number of cyclic esters (lactones) is 1. The highest BCUT2D eigenvalue weighted by Crippen LogP contribution is 2.28. The second-order valence-electron chi connectivity index (χ2n) is 8.20. The Labute approximate surface area is 211 Å². The average Bonchev–Trinajstić information content (AvgIpc) is 3.46. The highest BCUT2D eigenvalue weighted by Gasteiger charge is 2.36. The Morgan fingerprint density at radius 1 is 1.20 bits per heavy atom. The van der Waals surface area contributed by atoms with Crippen LogP contribution in [0, 0.1) is 0 Å². The third kappa shape index (κ3) is 5.93. The fraction of sp³-hybridized carbons (Fsp3) is 0.435. The van der Waals surface area contributed by atoms with E-state index < -0.39 is 18.4 Å². The zero-order valence-electron chi connectivity index (χ0n) is 19.0. The molecule has 0 saturated carbocycles. The van der Waals surface area contributed by atoms with E-state index in [1.165, 1.54) is 9.80 Å². The summed E-state index contributed by atoms with van der Waals surface area (Å²) in [5.41, 5.74) is 6.89. The smallest absolute Gasteiger partial charge is 0.414 e. The Bertz CT molecular complexity index is 1060. The third-order valence-electron chi connectivity index (χ3n) is 5.80. The maximum atomic E-state index is 13.1. The number of rotatable bonds is 9. The minimum Gasteiger partial charge on any atom is -0.442 e. The molecule has 35 heavy (non-hydrogen) atoms. The van der Waals surface area contributed by atoms with E-state index in [0.29, 0.717) is 47.4 Å². The molecule has 1 aromatic heterocycles. The molecule has 0 bridgehead atoms. The number of hydrogen-bond acceptors (Lipinski definition) is 8. The predicted octanol–water partition coefficient (Wildman–Crippen LogP) is 2.29. The first-order valence-corrected chi connectivity index (χ1v) is 12.5.